The molecule has 0 spiro atoms. The first-order valence-electron chi connectivity index (χ1n) is 25.7. The average Bonchev–Trinajstić information content (AvgIpc) is 4.05. The number of pyridine rings is 1. The van der Waals surface area contributed by atoms with Gasteiger partial charge in [0.25, 0.3) is 6.71 Å². The molecule has 5 heterocycles. The summed E-state index contributed by atoms with van der Waals surface area (Å²) in [6.07, 6.45) is 2.20. The molecule has 0 fully saturated rings. The molecule has 3 aliphatic rings. The number of hydrogen-bond acceptors (Lipinski definition) is 5. The second-order valence-electron chi connectivity index (χ2n) is 22.9. The Hall–Kier alpha value is -7.87. The maximum absolute atomic E-state index is 5.70. The van der Waals surface area contributed by atoms with Crippen LogP contribution in [0.2, 0.25) is 0 Å². The lowest BCUT2D eigenvalue weighted by Gasteiger charge is -2.43. The summed E-state index contributed by atoms with van der Waals surface area (Å²) in [5.74, 6) is 1.08. The van der Waals surface area contributed by atoms with Crippen molar-refractivity contribution in [1.29, 1.82) is 0 Å². The van der Waals surface area contributed by atoms with Gasteiger partial charge in [-0.25, -0.2) is 4.98 Å². The minimum absolute atomic E-state index is 0.0258. The van der Waals surface area contributed by atoms with Crippen molar-refractivity contribution in [3.8, 4) is 11.1 Å². The molecule has 7 heteroatoms. The molecule has 0 unspecified atom stereocenters. The van der Waals surface area contributed by atoms with E-state index >= 15 is 0 Å². The van der Waals surface area contributed by atoms with Crippen molar-refractivity contribution in [2.24, 2.45) is 0 Å². The molecule has 0 amide bonds. The molecular weight excluding hydrogens is 906 g/mol. The minimum atomic E-state index is -0.243. The smallest absolute Gasteiger partial charge is 0.277 e. The fourth-order valence-electron chi connectivity index (χ4n) is 12.5. The van der Waals surface area contributed by atoms with E-state index in [4.69, 9.17) is 4.98 Å². The number of thiophene rings is 1. The van der Waals surface area contributed by atoms with Gasteiger partial charge in [-0.1, -0.05) is 165 Å². The number of rotatable bonds is 5. The number of hydrogen-bond donors (Lipinski definition) is 0. The molecule has 1 aliphatic carbocycles. The SMILES string of the molecule is CC(C)(C)c1ccc(N(c2ccc(C(C)(C)C)cc2)c2ccc3c(c2)N(c2cccc4c2sc2ccccc24)c2cccc4c2B3c2nc3ccccn3c2N4c2cccc3c2C(C)(C)c2ccccc2-3)cc1. The van der Waals surface area contributed by atoms with E-state index in [1.807, 2.05) is 11.3 Å². The first kappa shape index (κ1) is 43.9. The van der Waals surface area contributed by atoms with Crippen molar-refractivity contribution in [1.82, 2.24) is 9.38 Å². The van der Waals surface area contributed by atoms with Crippen LogP contribution in [0, 0.1) is 0 Å². The summed E-state index contributed by atoms with van der Waals surface area (Å²) in [7, 11) is 0. The van der Waals surface area contributed by atoms with Gasteiger partial charge in [0.05, 0.1) is 21.7 Å². The van der Waals surface area contributed by atoms with E-state index in [-0.39, 0.29) is 23.0 Å². The first-order valence-corrected chi connectivity index (χ1v) is 26.6. The Kier molecular flexibility index (Phi) is 9.36. The maximum atomic E-state index is 5.70. The summed E-state index contributed by atoms with van der Waals surface area (Å²) in [5.41, 5.74) is 21.3. The fraction of sp³-hybridized carbons (Fsp3) is 0.167. The van der Waals surface area contributed by atoms with Crippen LogP contribution in [0.3, 0.4) is 0 Å². The highest BCUT2D eigenvalue weighted by Gasteiger charge is 2.48. The van der Waals surface area contributed by atoms with Crippen molar-refractivity contribution in [2.75, 3.05) is 14.7 Å². The Morgan fingerprint density at radius 1 is 0.521 bits per heavy atom. The van der Waals surface area contributed by atoms with Gasteiger partial charge >= 0.3 is 0 Å². The van der Waals surface area contributed by atoms with Crippen molar-refractivity contribution in [3.05, 3.63) is 217 Å². The molecule has 8 aromatic carbocycles. The van der Waals surface area contributed by atoms with E-state index in [0.717, 1.165) is 45.5 Å². The standard InChI is InChI=1S/C66H56BN5S/c1-64(2,3)41-29-33-43(34-30-41)70(44-35-31-42(32-36-44)65(4,5)6)45-37-38-51-56(40-45)71(55-26-16-21-49-47-19-10-12-27-57(47)73-61(49)55)53-24-17-25-54-60(53)67(51)62-63(69-39-14-13-28-58(69)68-62)72(54)52-23-15-20-48-46-18-9-11-22-50(46)66(7,8)59(48)52/h9-40H,1-8H3. The van der Waals surface area contributed by atoms with Crippen LogP contribution in [0.1, 0.15) is 77.6 Å². The first-order chi connectivity index (χ1) is 35.3. The van der Waals surface area contributed by atoms with E-state index in [0.29, 0.717) is 0 Å². The molecule has 0 saturated heterocycles. The third-order valence-corrected chi connectivity index (χ3v) is 17.3. The molecular formula is C66H56BN5S. The maximum Gasteiger partial charge on any atom is 0.277 e. The Bertz CT molecular complexity index is 4000. The lowest BCUT2D eigenvalue weighted by Crippen LogP contribution is -2.62. The summed E-state index contributed by atoms with van der Waals surface area (Å²) in [6, 6.07) is 70.7. The average molecular weight is 962 g/mol. The number of nitrogens with zero attached hydrogens (tertiary/aromatic N) is 5. The molecule has 0 N–H and O–H groups in total. The van der Waals surface area contributed by atoms with Gasteiger partial charge in [-0.15, -0.1) is 11.3 Å². The van der Waals surface area contributed by atoms with Gasteiger partial charge in [-0.3, -0.25) is 9.30 Å². The highest BCUT2D eigenvalue weighted by Crippen LogP contribution is 2.56. The quantitative estimate of drug-likeness (QED) is 0.161. The van der Waals surface area contributed by atoms with Gasteiger partial charge < -0.3 is 9.80 Å². The van der Waals surface area contributed by atoms with Gasteiger partial charge in [0.15, 0.2) is 0 Å². The Labute approximate surface area is 432 Å². The second-order valence-corrected chi connectivity index (χ2v) is 23.9. The summed E-state index contributed by atoms with van der Waals surface area (Å²) in [4.78, 5) is 13.3. The predicted octanol–water partition coefficient (Wildman–Crippen LogP) is 16.2. The molecule has 0 atom stereocenters. The Balaban J connectivity index is 1.05. The van der Waals surface area contributed by atoms with Crippen LogP contribution < -0.4 is 31.2 Å². The van der Waals surface area contributed by atoms with Crippen molar-refractivity contribution in [3.63, 3.8) is 0 Å². The molecule has 2 aliphatic heterocycles. The van der Waals surface area contributed by atoms with E-state index in [9.17, 15) is 0 Å². The largest absolute Gasteiger partial charge is 0.310 e. The minimum Gasteiger partial charge on any atom is -0.310 e. The van der Waals surface area contributed by atoms with E-state index in [1.54, 1.807) is 0 Å². The number of aromatic nitrogens is 2. The molecule has 0 saturated carbocycles. The molecule has 11 aromatic rings. The van der Waals surface area contributed by atoms with E-state index in [2.05, 4.69) is 269 Å². The van der Waals surface area contributed by atoms with Crippen molar-refractivity contribution in [2.45, 2.75) is 71.6 Å². The molecule has 14 rings (SSSR count). The van der Waals surface area contributed by atoms with Crippen LogP contribution in [0.15, 0.2) is 194 Å². The van der Waals surface area contributed by atoms with Crippen LogP contribution in [0.25, 0.3) is 36.9 Å². The monoisotopic (exact) mass is 961 g/mol. The third kappa shape index (κ3) is 6.44. The summed E-state index contributed by atoms with van der Waals surface area (Å²) < 4.78 is 4.88. The summed E-state index contributed by atoms with van der Waals surface area (Å²) in [6.45, 7) is 18.3. The zero-order valence-corrected chi connectivity index (χ0v) is 43.5. The van der Waals surface area contributed by atoms with E-state index in [1.165, 1.54) is 81.5 Å². The van der Waals surface area contributed by atoms with Gasteiger partial charge in [-0.2, -0.15) is 0 Å². The van der Waals surface area contributed by atoms with Crippen LogP contribution in [0.5, 0.6) is 0 Å². The van der Waals surface area contributed by atoms with Gasteiger partial charge in [0, 0.05) is 61.2 Å². The van der Waals surface area contributed by atoms with Crippen LogP contribution in [-0.4, -0.2) is 16.1 Å². The van der Waals surface area contributed by atoms with Crippen molar-refractivity contribution < 1.29 is 0 Å². The van der Waals surface area contributed by atoms with E-state index < -0.39 is 0 Å². The molecule has 5 nitrogen and oxygen atoms in total. The Morgan fingerprint density at radius 2 is 1.11 bits per heavy atom. The second kappa shape index (κ2) is 15.6. The zero-order chi connectivity index (χ0) is 49.7. The molecule has 3 aromatic heterocycles. The normalized spacial score (nSPS) is 14.3. The number of benzene rings is 8. The van der Waals surface area contributed by atoms with Crippen LogP contribution in [-0.2, 0) is 16.2 Å². The lowest BCUT2D eigenvalue weighted by molar-refractivity contribution is 0.590. The highest BCUT2D eigenvalue weighted by atomic mass is 32.1. The number of anilines is 9. The number of imidazole rings is 1. The van der Waals surface area contributed by atoms with Gasteiger partial charge in [0.2, 0.25) is 0 Å². The van der Waals surface area contributed by atoms with Gasteiger partial charge in [0.1, 0.15) is 11.5 Å². The molecule has 0 bridgehead atoms. The molecule has 354 valence electrons. The molecule has 73 heavy (non-hydrogen) atoms. The third-order valence-electron chi connectivity index (χ3n) is 16.1. The highest BCUT2D eigenvalue weighted by molar-refractivity contribution is 7.26. The fourth-order valence-corrected chi connectivity index (χ4v) is 13.7. The predicted molar refractivity (Wildman–Crippen MR) is 312 cm³/mol. The summed E-state index contributed by atoms with van der Waals surface area (Å²) in [5, 5.41) is 2.56. The topological polar surface area (TPSA) is 27.0 Å². The number of fused-ring (bicyclic) bond motifs is 12. The van der Waals surface area contributed by atoms with Crippen LogP contribution in [0.4, 0.5) is 51.3 Å². The summed E-state index contributed by atoms with van der Waals surface area (Å²) >= 11 is 1.88. The molecule has 0 radical (unpaired) electrons. The van der Waals surface area contributed by atoms with Crippen molar-refractivity contribution >= 4 is 112 Å². The van der Waals surface area contributed by atoms with Gasteiger partial charge in [-0.05, 0) is 134 Å². The Morgan fingerprint density at radius 3 is 1.85 bits per heavy atom. The lowest BCUT2D eigenvalue weighted by atomic mass is 9.35. The van der Waals surface area contributed by atoms with Crippen LogP contribution >= 0.6 is 11.3 Å². The zero-order valence-electron chi connectivity index (χ0n) is 42.7.